The van der Waals surface area contributed by atoms with Crippen LogP contribution in [0.25, 0.3) is 0 Å². The van der Waals surface area contributed by atoms with E-state index in [1.807, 2.05) is 11.7 Å². The molecule has 1 N–H and O–H groups in total. The van der Waals surface area contributed by atoms with Crippen LogP contribution in [0, 0.1) is 5.92 Å². The Kier molecular flexibility index (Phi) is 4.75. The fourth-order valence-electron chi connectivity index (χ4n) is 2.62. The van der Waals surface area contributed by atoms with E-state index in [0.717, 1.165) is 24.5 Å². The number of aromatic nitrogens is 3. The second kappa shape index (κ2) is 6.32. The summed E-state index contributed by atoms with van der Waals surface area (Å²) in [5.74, 6) is 2.76. The Morgan fingerprint density at radius 3 is 2.89 bits per heavy atom. The largest absolute Gasteiger partial charge is 0.314 e. The first kappa shape index (κ1) is 13.5. The summed E-state index contributed by atoms with van der Waals surface area (Å²) in [5.41, 5.74) is 0. The lowest BCUT2D eigenvalue weighted by atomic mass is 10.0. The Morgan fingerprint density at radius 2 is 2.22 bits per heavy atom. The molecule has 1 aliphatic rings. The number of nitrogens with zero attached hydrogens (tertiary/aromatic N) is 3. The summed E-state index contributed by atoms with van der Waals surface area (Å²) in [7, 11) is 2.01. The molecule has 2 rings (SSSR count). The molecule has 4 nitrogen and oxygen atoms in total. The van der Waals surface area contributed by atoms with Gasteiger partial charge in [0.05, 0.1) is 0 Å². The summed E-state index contributed by atoms with van der Waals surface area (Å²) in [6, 6.07) is 0.684. The van der Waals surface area contributed by atoms with Crippen molar-refractivity contribution >= 4 is 0 Å². The zero-order chi connectivity index (χ0) is 13.0. The van der Waals surface area contributed by atoms with Crippen molar-refractivity contribution in [3.8, 4) is 0 Å². The molecule has 0 aliphatic carbocycles. The highest BCUT2D eigenvalue weighted by Crippen LogP contribution is 2.13. The Labute approximate surface area is 110 Å². The topological polar surface area (TPSA) is 42.7 Å². The smallest absolute Gasteiger partial charge is 0.151 e. The van der Waals surface area contributed by atoms with Gasteiger partial charge in [0.2, 0.25) is 0 Å². The molecular formula is C14H26N4. The van der Waals surface area contributed by atoms with E-state index in [9.17, 15) is 0 Å². The molecule has 2 heterocycles. The number of rotatable bonds is 5. The molecule has 4 heteroatoms. The predicted molar refractivity (Wildman–Crippen MR) is 73.5 cm³/mol. The molecule has 1 aromatic rings. The Morgan fingerprint density at radius 1 is 1.39 bits per heavy atom. The van der Waals surface area contributed by atoms with Crippen molar-refractivity contribution in [2.45, 2.75) is 58.4 Å². The van der Waals surface area contributed by atoms with E-state index >= 15 is 0 Å². The van der Waals surface area contributed by atoms with Crippen molar-refractivity contribution in [2.75, 3.05) is 6.54 Å². The lowest BCUT2D eigenvalue weighted by molar-refractivity contribution is 0.379. The summed E-state index contributed by atoms with van der Waals surface area (Å²) in [6.07, 6.45) is 7.23. The number of aryl methyl sites for hydroxylation is 2. The minimum atomic E-state index is 0.625. The Hall–Kier alpha value is -0.900. The molecule has 1 aliphatic heterocycles. The van der Waals surface area contributed by atoms with Crippen LogP contribution in [0.1, 0.15) is 51.2 Å². The van der Waals surface area contributed by atoms with Gasteiger partial charge in [0, 0.05) is 25.9 Å². The fourth-order valence-corrected chi connectivity index (χ4v) is 2.62. The van der Waals surface area contributed by atoms with Gasteiger partial charge >= 0.3 is 0 Å². The van der Waals surface area contributed by atoms with Gasteiger partial charge in [-0.15, -0.1) is 0 Å². The minimum absolute atomic E-state index is 0.625. The van der Waals surface area contributed by atoms with Crippen LogP contribution in [-0.4, -0.2) is 27.4 Å². The average Bonchev–Trinajstić information content (AvgIpc) is 2.67. The van der Waals surface area contributed by atoms with E-state index in [1.165, 1.54) is 32.2 Å². The maximum atomic E-state index is 4.66. The van der Waals surface area contributed by atoms with E-state index in [1.54, 1.807) is 0 Å². The van der Waals surface area contributed by atoms with Crippen LogP contribution < -0.4 is 5.32 Å². The molecule has 102 valence electrons. The predicted octanol–water partition coefficient (Wildman–Crippen LogP) is 2.09. The van der Waals surface area contributed by atoms with Crippen LogP contribution in [0.2, 0.25) is 0 Å². The monoisotopic (exact) mass is 250 g/mol. The molecule has 0 radical (unpaired) electrons. The zero-order valence-electron chi connectivity index (χ0n) is 11.9. The van der Waals surface area contributed by atoms with Crippen molar-refractivity contribution < 1.29 is 0 Å². The van der Waals surface area contributed by atoms with Gasteiger partial charge in [-0.3, -0.25) is 4.68 Å². The van der Waals surface area contributed by atoms with Crippen molar-refractivity contribution in [3.63, 3.8) is 0 Å². The first-order valence-electron chi connectivity index (χ1n) is 7.27. The lowest BCUT2D eigenvalue weighted by Gasteiger charge is -2.22. The van der Waals surface area contributed by atoms with Gasteiger partial charge in [0.1, 0.15) is 5.82 Å². The number of hydrogen-bond donors (Lipinski definition) is 1. The third kappa shape index (κ3) is 3.80. The molecule has 0 aromatic carbocycles. The SMILES string of the molecule is CC(C)Cc1nc(CCC2CCCCN2)n(C)n1. The minimum Gasteiger partial charge on any atom is -0.314 e. The standard InChI is InChI=1S/C14H26N4/c1-11(2)10-13-16-14(18(3)17-13)8-7-12-6-4-5-9-15-12/h11-12,15H,4-10H2,1-3H3. The first-order valence-corrected chi connectivity index (χ1v) is 7.27. The van der Waals surface area contributed by atoms with E-state index in [4.69, 9.17) is 0 Å². The molecule has 0 spiro atoms. The Balaban J connectivity index is 1.86. The van der Waals surface area contributed by atoms with Gasteiger partial charge in [-0.1, -0.05) is 20.3 Å². The summed E-state index contributed by atoms with van der Waals surface area (Å²) in [5, 5.41) is 8.09. The summed E-state index contributed by atoms with van der Waals surface area (Å²) in [4.78, 5) is 4.66. The van der Waals surface area contributed by atoms with E-state index < -0.39 is 0 Å². The van der Waals surface area contributed by atoms with Crippen LogP contribution >= 0.6 is 0 Å². The summed E-state index contributed by atoms with van der Waals surface area (Å²) < 4.78 is 1.96. The molecule has 1 atom stereocenters. The molecular weight excluding hydrogens is 224 g/mol. The van der Waals surface area contributed by atoms with Gasteiger partial charge in [-0.05, 0) is 31.7 Å². The van der Waals surface area contributed by atoms with Crippen molar-refractivity contribution in [3.05, 3.63) is 11.6 Å². The van der Waals surface area contributed by atoms with Gasteiger partial charge in [0.25, 0.3) is 0 Å². The highest BCUT2D eigenvalue weighted by Gasteiger charge is 2.14. The van der Waals surface area contributed by atoms with Crippen molar-refractivity contribution in [2.24, 2.45) is 13.0 Å². The normalized spacial score (nSPS) is 20.6. The van der Waals surface area contributed by atoms with Crippen molar-refractivity contribution in [1.29, 1.82) is 0 Å². The van der Waals surface area contributed by atoms with Gasteiger partial charge < -0.3 is 5.32 Å². The van der Waals surface area contributed by atoms with Crippen LogP contribution in [0.4, 0.5) is 0 Å². The molecule has 0 bridgehead atoms. The molecule has 18 heavy (non-hydrogen) atoms. The molecule has 1 aromatic heterocycles. The molecule has 1 saturated heterocycles. The third-order valence-corrected chi connectivity index (χ3v) is 3.62. The van der Waals surface area contributed by atoms with Gasteiger partial charge in [-0.25, -0.2) is 4.98 Å². The lowest BCUT2D eigenvalue weighted by Crippen LogP contribution is -2.34. The van der Waals surface area contributed by atoms with Crippen LogP contribution in [0.5, 0.6) is 0 Å². The third-order valence-electron chi connectivity index (χ3n) is 3.62. The second-order valence-electron chi connectivity index (χ2n) is 5.85. The van der Waals surface area contributed by atoms with Crippen LogP contribution in [-0.2, 0) is 19.9 Å². The molecule has 1 fully saturated rings. The van der Waals surface area contributed by atoms with Crippen molar-refractivity contribution in [1.82, 2.24) is 20.1 Å². The average molecular weight is 250 g/mol. The van der Waals surface area contributed by atoms with Gasteiger partial charge in [0.15, 0.2) is 5.82 Å². The zero-order valence-corrected chi connectivity index (χ0v) is 11.9. The highest BCUT2D eigenvalue weighted by molar-refractivity contribution is 4.94. The molecule has 0 amide bonds. The second-order valence-corrected chi connectivity index (χ2v) is 5.85. The quantitative estimate of drug-likeness (QED) is 0.870. The summed E-state index contributed by atoms with van der Waals surface area (Å²) in [6.45, 7) is 5.60. The van der Waals surface area contributed by atoms with E-state index in [0.29, 0.717) is 12.0 Å². The van der Waals surface area contributed by atoms with Crippen LogP contribution in [0.3, 0.4) is 0 Å². The molecule has 0 saturated carbocycles. The maximum absolute atomic E-state index is 4.66. The van der Waals surface area contributed by atoms with E-state index in [2.05, 4.69) is 29.2 Å². The maximum Gasteiger partial charge on any atom is 0.151 e. The van der Waals surface area contributed by atoms with E-state index in [-0.39, 0.29) is 0 Å². The van der Waals surface area contributed by atoms with Crippen LogP contribution in [0.15, 0.2) is 0 Å². The molecule has 1 unspecified atom stereocenters. The highest BCUT2D eigenvalue weighted by atomic mass is 15.3. The summed E-state index contributed by atoms with van der Waals surface area (Å²) >= 11 is 0. The fraction of sp³-hybridized carbons (Fsp3) is 0.857. The number of piperidine rings is 1. The first-order chi connectivity index (χ1) is 8.65. The van der Waals surface area contributed by atoms with Gasteiger partial charge in [-0.2, -0.15) is 5.10 Å². The number of nitrogens with one attached hydrogen (secondary N) is 1. The Bertz CT molecular complexity index is 364. The number of hydrogen-bond acceptors (Lipinski definition) is 3.